The Hall–Kier alpha value is -3.09. The number of carboxylic acid groups (broad SMARTS) is 4. The first-order chi connectivity index (χ1) is 16.5. The summed E-state index contributed by atoms with van der Waals surface area (Å²) in [4.78, 5) is 41.0. The van der Waals surface area contributed by atoms with Gasteiger partial charge in [-0.3, -0.25) is 19.2 Å². The fraction of sp³-hybridized carbons (Fsp3) is 0.545. The number of likely N-dealkylation sites (tertiary alicyclic amines) is 1. The van der Waals surface area contributed by atoms with Crippen molar-refractivity contribution in [3.05, 3.63) is 22.7 Å². The summed E-state index contributed by atoms with van der Waals surface area (Å²) in [7, 11) is 0. The van der Waals surface area contributed by atoms with Crippen LogP contribution >= 0.6 is 11.6 Å². The zero-order valence-corrected chi connectivity index (χ0v) is 19.9. The van der Waals surface area contributed by atoms with Crippen molar-refractivity contribution in [2.75, 3.05) is 33.0 Å². The van der Waals surface area contributed by atoms with Crippen molar-refractivity contribution in [3.63, 3.8) is 0 Å². The molecule has 0 radical (unpaired) electrons. The maximum Gasteiger partial charge on any atom is 0.303 e. The van der Waals surface area contributed by atoms with Crippen molar-refractivity contribution in [3.8, 4) is 11.5 Å². The van der Waals surface area contributed by atoms with E-state index in [1.54, 1.807) is 0 Å². The van der Waals surface area contributed by atoms with Crippen molar-refractivity contribution < 1.29 is 49.1 Å². The van der Waals surface area contributed by atoms with Gasteiger partial charge in [-0.25, -0.2) is 0 Å². The van der Waals surface area contributed by atoms with E-state index in [1.165, 1.54) is 6.42 Å². The normalized spacial score (nSPS) is 15.9. The molecule has 0 saturated carbocycles. The minimum absolute atomic E-state index is 0.293. The monoisotopic (exact) mass is 518 g/mol. The van der Waals surface area contributed by atoms with E-state index in [1.807, 2.05) is 12.1 Å². The lowest BCUT2D eigenvalue weighted by atomic mass is 10.1. The Morgan fingerprint density at radius 1 is 0.943 bits per heavy atom. The van der Waals surface area contributed by atoms with Gasteiger partial charge >= 0.3 is 23.9 Å². The number of fused-ring (bicyclic) bond motifs is 1. The van der Waals surface area contributed by atoms with E-state index in [9.17, 15) is 19.2 Å². The number of aliphatic carboxylic acids is 4. The summed E-state index contributed by atoms with van der Waals surface area (Å²) in [5.74, 6) is -2.02. The van der Waals surface area contributed by atoms with E-state index in [2.05, 4.69) is 4.90 Å². The van der Waals surface area contributed by atoms with Gasteiger partial charge in [0.15, 0.2) is 11.5 Å². The third-order valence-corrected chi connectivity index (χ3v) is 5.24. The SMILES string of the molecule is NC[C@@H]1CCN(CCc2cc(Cl)cc3c2OCO3)C1.O=C(O)CCC(=O)O.O=C(O)CCC(=O)O. The van der Waals surface area contributed by atoms with Gasteiger partial charge in [0.2, 0.25) is 6.79 Å². The Kier molecular flexibility index (Phi) is 13.5. The summed E-state index contributed by atoms with van der Waals surface area (Å²) in [6.45, 7) is 4.35. The predicted molar refractivity (Wildman–Crippen MR) is 124 cm³/mol. The first kappa shape index (κ1) is 29.9. The number of nitrogens with zero attached hydrogens (tertiary/aromatic N) is 1. The quantitative estimate of drug-likeness (QED) is 0.301. The molecule has 1 saturated heterocycles. The van der Waals surface area contributed by atoms with Gasteiger partial charge in [-0.15, -0.1) is 0 Å². The molecule has 0 unspecified atom stereocenters. The smallest absolute Gasteiger partial charge is 0.303 e. The second kappa shape index (κ2) is 15.7. The lowest BCUT2D eigenvalue weighted by molar-refractivity contribution is -0.143. The number of hydrogen-bond donors (Lipinski definition) is 5. The number of nitrogens with two attached hydrogens (primary N) is 1. The Balaban J connectivity index is 0.000000320. The molecule has 2 aliphatic heterocycles. The van der Waals surface area contributed by atoms with Gasteiger partial charge in [0.05, 0.1) is 25.7 Å². The lowest BCUT2D eigenvalue weighted by Crippen LogP contribution is -2.25. The summed E-state index contributed by atoms with van der Waals surface area (Å²) < 4.78 is 10.9. The van der Waals surface area contributed by atoms with Crippen LogP contribution in [0.2, 0.25) is 5.02 Å². The van der Waals surface area contributed by atoms with E-state index in [4.69, 9.17) is 47.2 Å². The second-order valence-electron chi connectivity index (χ2n) is 7.81. The van der Waals surface area contributed by atoms with Crippen molar-refractivity contribution in [1.29, 1.82) is 0 Å². The van der Waals surface area contributed by atoms with Crippen LogP contribution in [0.4, 0.5) is 0 Å². The minimum atomic E-state index is -1.08. The van der Waals surface area contributed by atoms with Gasteiger partial charge in [-0.05, 0) is 37.9 Å². The molecule has 0 amide bonds. The molecule has 1 atom stereocenters. The molecule has 0 spiro atoms. The van der Waals surface area contributed by atoms with Gasteiger partial charge in [0, 0.05) is 29.7 Å². The van der Waals surface area contributed by atoms with Crippen molar-refractivity contribution in [2.45, 2.75) is 38.5 Å². The third kappa shape index (κ3) is 12.8. The Labute approximate surface area is 207 Å². The zero-order chi connectivity index (χ0) is 26.4. The van der Waals surface area contributed by atoms with E-state index in [0.717, 1.165) is 49.7 Å². The number of halogens is 1. The van der Waals surface area contributed by atoms with E-state index < -0.39 is 23.9 Å². The second-order valence-corrected chi connectivity index (χ2v) is 8.25. The first-order valence-electron chi connectivity index (χ1n) is 10.9. The molecule has 196 valence electrons. The van der Waals surface area contributed by atoms with Crippen LogP contribution in [0.25, 0.3) is 0 Å². The number of ether oxygens (including phenoxy) is 2. The Morgan fingerprint density at radius 2 is 1.49 bits per heavy atom. The summed E-state index contributed by atoms with van der Waals surface area (Å²) in [5.41, 5.74) is 6.85. The van der Waals surface area contributed by atoms with Crippen molar-refractivity contribution in [2.24, 2.45) is 11.7 Å². The van der Waals surface area contributed by atoms with Gasteiger partial charge in [-0.1, -0.05) is 11.6 Å². The number of rotatable bonds is 10. The van der Waals surface area contributed by atoms with Gasteiger partial charge in [0.1, 0.15) is 0 Å². The van der Waals surface area contributed by atoms with Crippen molar-refractivity contribution in [1.82, 2.24) is 4.90 Å². The van der Waals surface area contributed by atoms with Gasteiger partial charge in [0.25, 0.3) is 0 Å². The molecular weight excluding hydrogens is 488 g/mol. The van der Waals surface area contributed by atoms with E-state index in [0.29, 0.717) is 17.7 Å². The number of carboxylic acids is 4. The third-order valence-electron chi connectivity index (χ3n) is 5.02. The highest BCUT2D eigenvalue weighted by Crippen LogP contribution is 2.38. The topological polar surface area (TPSA) is 197 Å². The predicted octanol–water partition coefficient (Wildman–Crippen LogP) is 1.76. The highest BCUT2D eigenvalue weighted by molar-refractivity contribution is 6.30. The highest BCUT2D eigenvalue weighted by atomic mass is 35.5. The van der Waals surface area contributed by atoms with Crippen LogP contribution in [-0.4, -0.2) is 82.2 Å². The maximum absolute atomic E-state index is 9.64. The van der Waals surface area contributed by atoms with E-state index in [-0.39, 0.29) is 25.7 Å². The average Bonchev–Trinajstić information content (AvgIpc) is 3.44. The summed E-state index contributed by atoms with van der Waals surface area (Å²) in [6, 6.07) is 3.79. The fourth-order valence-electron chi connectivity index (χ4n) is 3.25. The lowest BCUT2D eigenvalue weighted by Gasteiger charge is -2.16. The standard InChI is InChI=1S/C14H19ClN2O2.2C4H6O4/c15-12-5-11(14-13(6-12)18-9-19-14)2-4-17-3-1-10(7-16)8-17;2*5-3(6)1-2-4(7)8/h5-6,10H,1-4,7-9,16H2;2*1-2H2,(H,5,6)(H,7,8)/t10-;;/m0../s1. The highest BCUT2D eigenvalue weighted by Gasteiger charge is 2.23. The van der Waals surface area contributed by atoms with Gasteiger partial charge < -0.3 is 40.5 Å². The first-order valence-corrected chi connectivity index (χ1v) is 11.3. The molecular formula is C22H31ClN2O10. The molecule has 13 heteroatoms. The van der Waals surface area contributed by atoms with E-state index >= 15 is 0 Å². The largest absolute Gasteiger partial charge is 0.481 e. The number of hydrogen-bond acceptors (Lipinski definition) is 8. The molecule has 1 aromatic rings. The molecule has 0 aromatic heterocycles. The summed E-state index contributed by atoms with van der Waals surface area (Å²) >= 11 is 6.10. The van der Waals surface area contributed by atoms with Crippen LogP contribution in [-0.2, 0) is 25.6 Å². The van der Waals surface area contributed by atoms with Crippen LogP contribution in [0.1, 0.15) is 37.7 Å². The molecule has 0 bridgehead atoms. The zero-order valence-electron chi connectivity index (χ0n) is 19.2. The molecule has 3 rings (SSSR count). The van der Waals surface area contributed by atoms with Crippen LogP contribution in [0.5, 0.6) is 11.5 Å². The average molecular weight is 519 g/mol. The molecule has 1 fully saturated rings. The molecule has 1 aromatic carbocycles. The van der Waals surface area contributed by atoms with Crippen LogP contribution < -0.4 is 15.2 Å². The number of carbonyl (C=O) groups is 4. The van der Waals surface area contributed by atoms with Crippen LogP contribution in [0.3, 0.4) is 0 Å². The molecule has 2 heterocycles. The van der Waals surface area contributed by atoms with Crippen LogP contribution in [0, 0.1) is 5.92 Å². The minimum Gasteiger partial charge on any atom is -0.481 e. The molecule has 2 aliphatic rings. The molecule has 6 N–H and O–H groups in total. The molecule has 35 heavy (non-hydrogen) atoms. The Morgan fingerprint density at radius 3 is 1.94 bits per heavy atom. The molecule has 12 nitrogen and oxygen atoms in total. The van der Waals surface area contributed by atoms with Crippen molar-refractivity contribution >= 4 is 35.5 Å². The van der Waals surface area contributed by atoms with Crippen LogP contribution in [0.15, 0.2) is 12.1 Å². The Bertz CT molecular complexity index is 824. The summed E-state index contributed by atoms with van der Waals surface area (Å²) in [5, 5.41) is 32.3. The van der Waals surface area contributed by atoms with Gasteiger partial charge in [-0.2, -0.15) is 0 Å². The summed E-state index contributed by atoms with van der Waals surface area (Å²) in [6.07, 6.45) is 0.961. The number of benzene rings is 1. The molecule has 0 aliphatic carbocycles. The fourth-order valence-corrected chi connectivity index (χ4v) is 3.48. The maximum atomic E-state index is 9.64.